The molecule has 1 amide bonds. The maximum Gasteiger partial charge on any atom is 0.416 e. The Bertz CT molecular complexity index is 776. The number of carbonyl (C=O) groups is 1. The lowest BCUT2D eigenvalue weighted by molar-refractivity contribution is -0.486. The molecule has 2 aliphatic rings. The summed E-state index contributed by atoms with van der Waals surface area (Å²) in [4.78, 5) is 27.0. The first kappa shape index (κ1) is 19.7. The Morgan fingerprint density at radius 1 is 1.56 bits per heavy atom. The number of piperidine rings is 1. The second-order valence-electron chi connectivity index (χ2n) is 7.26. The highest BCUT2D eigenvalue weighted by molar-refractivity contribution is 6.30. The molecule has 1 aliphatic carbocycles. The number of aromatic nitrogens is 1. The fourth-order valence-electron chi connectivity index (χ4n) is 4.67. The maximum atomic E-state index is 13.6. The van der Waals surface area contributed by atoms with Crippen LogP contribution in [0, 0.1) is 21.4 Å². The zero-order chi connectivity index (χ0) is 20.0. The number of carboxylic acid groups (broad SMARTS) is 1. The van der Waals surface area contributed by atoms with Crippen LogP contribution in [0.2, 0.25) is 5.15 Å². The van der Waals surface area contributed by atoms with Crippen molar-refractivity contribution in [3.05, 3.63) is 38.7 Å². The van der Waals surface area contributed by atoms with E-state index >= 15 is 0 Å². The third-order valence-electron chi connectivity index (χ3n) is 5.67. The first-order chi connectivity index (χ1) is 12.5. The van der Waals surface area contributed by atoms with Crippen LogP contribution >= 0.6 is 11.6 Å². The van der Waals surface area contributed by atoms with Gasteiger partial charge in [0.1, 0.15) is 5.15 Å². The highest BCUT2D eigenvalue weighted by atomic mass is 35.5. The molecule has 27 heavy (non-hydrogen) atoms. The first-order valence-electron chi connectivity index (χ1n) is 8.35. The zero-order valence-electron chi connectivity index (χ0n) is 14.1. The van der Waals surface area contributed by atoms with E-state index in [1.165, 1.54) is 0 Å². The average Bonchev–Trinajstić information content (AvgIpc) is 2.87. The molecule has 1 saturated carbocycles. The molecule has 0 aromatic carbocycles. The standard InChI is InChI=1S/C16H17ClF3N3O4/c17-13-12(10(2-4-21-13)16(18,19)20)11(7-23(26)27)15-3-1-9(5-15)6-22(8-15)14(24)25/h2,4,9,11H,1,3,5-8H2,(H,24,25)/t9-,11?,15-/m1/s1. The van der Waals surface area contributed by atoms with Crippen LogP contribution in [0.25, 0.3) is 0 Å². The van der Waals surface area contributed by atoms with Crippen LogP contribution in [0.15, 0.2) is 12.3 Å². The number of halogens is 4. The molecule has 0 radical (unpaired) electrons. The lowest BCUT2D eigenvalue weighted by Crippen LogP contribution is -2.49. The lowest BCUT2D eigenvalue weighted by Gasteiger charge is -2.43. The van der Waals surface area contributed by atoms with Crippen LogP contribution < -0.4 is 0 Å². The van der Waals surface area contributed by atoms with E-state index in [0.29, 0.717) is 19.3 Å². The second kappa shape index (κ2) is 6.81. The van der Waals surface area contributed by atoms with E-state index in [9.17, 15) is 33.2 Å². The van der Waals surface area contributed by atoms with Gasteiger partial charge in [0.25, 0.3) is 0 Å². The number of fused-ring (bicyclic) bond motifs is 2. The van der Waals surface area contributed by atoms with Gasteiger partial charge in [0.05, 0.1) is 11.5 Å². The largest absolute Gasteiger partial charge is 0.465 e. The van der Waals surface area contributed by atoms with Crippen molar-refractivity contribution in [3.8, 4) is 0 Å². The van der Waals surface area contributed by atoms with Crippen LogP contribution in [0.1, 0.15) is 36.3 Å². The summed E-state index contributed by atoms with van der Waals surface area (Å²) in [6.45, 7) is -0.538. The monoisotopic (exact) mass is 407 g/mol. The van der Waals surface area contributed by atoms with Gasteiger partial charge in [-0.05, 0) is 31.2 Å². The molecular formula is C16H17ClF3N3O4. The molecule has 1 aromatic rings. The summed E-state index contributed by atoms with van der Waals surface area (Å²) in [6.07, 6.45) is -3.58. The van der Waals surface area contributed by atoms with Gasteiger partial charge in [0.15, 0.2) is 0 Å². The van der Waals surface area contributed by atoms with Gasteiger partial charge in [0.2, 0.25) is 6.54 Å². The quantitative estimate of drug-likeness (QED) is 0.464. The molecule has 7 nitrogen and oxygen atoms in total. The number of pyridine rings is 1. The number of amides is 1. The predicted octanol–water partition coefficient (Wildman–Crippen LogP) is 3.89. The van der Waals surface area contributed by atoms with Crippen LogP contribution in [-0.4, -0.2) is 45.6 Å². The molecule has 1 N–H and O–H groups in total. The Hall–Kier alpha value is -2.10. The van der Waals surface area contributed by atoms with Gasteiger partial charge in [-0.25, -0.2) is 9.78 Å². The minimum atomic E-state index is -4.76. The van der Waals surface area contributed by atoms with Gasteiger partial charge in [-0.1, -0.05) is 11.6 Å². The molecule has 3 rings (SSSR count). The Kier molecular flexibility index (Phi) is 4.96. The minimum Gasteiger partial charge on any atom is -0.465 e. The van der Waals surface area contributed by atoms with Gasteiger partial charge in [0, 0.05) is 35.2 Å². The van der Waals surface area contributed by atoms with E-state index in [4.69, 9.17) is 11.6 Å². The zero-order valence-corrected chi connectivity index (χ0v) is 14.8. The minimum absolute atomic E-state index is 0.0334. The Morgan fingerprint density at radius 3 is 2.85 bits per heavy atom. The number of hydrogen-bond acceptors (Lipinski definition) is 4. The summed E-state index contributed by atoms with van der Waals surface area (Å²) in [5.74, 6) is -1.22. The van der Waals surface area contributed by atoms with Crippen LogP contribution in [0.4, 0.5) is 18.0 Å². The van der Waals surface area contributed by atoms with Crippen LogP contribution in [-0.2, 0) is 6.18 Å². The van der Waals surface area contributed by atoms with E-state index in [0.717, 1.165) is 17.2 Å². The van der Waals surface area contributed by atoms with Crippen molar-refractivity contribution in [2.45, 2.75) is 31.4 Å². The molecule has 1 unspecified atom stereocenters. The smallest absolute Gasteiger partial charge is 0.416 e. The Balaban J connectivity index is 2.14. The number of hydrogen-bond donors (Lipinski definition) is 1. The fourth-order valence-corrected chi connectivity index (χ4v) is 4.96. The van der Waals surface area contributed by atoms with Crippen LogP contribution in [0.3, 0.4) is 0 Å². The summed E-state index contributed by atoms with van der Waals surface area (Å²) in [6, 6.07) is 0.759. The van der Waals surface area contributed by atoms with Gasteiger partial charge < -0.3 is 10.0 Å². The normalized spacial score (nSPS) is 26.1. The maximum absolute atomic E-state index is 13.6. The number of alkyl halides is 3. The van der Waals surface area contributed by atoms with Crippen molar-refractivity contribution in [2.75, 3.05) is 19.6 Å². The molecule has 2 bridgehead atoms. The van der Waals surface area contributed by atoms with Crippen molar-refractivity contribution in [3.63, 3.8) is 0 Å². The fraction of sp³-hybridized carbons (Fsp3) is 0.625. The molecule has 2 heterocycles. The molecule has 3 atom stereocenters. The summed E-state index contributed by atoms with van der Waals surface area (Å²) in [7, 11) is 0. The summed E-state index contributed by atoms with van der Waals surface area (Å²) < 4.78 is 40.7. The molecule has 0 spiro atoms. The van der Waals surface area contributed by atoms with E-state index < -0.39 is 51.4 Å². The molecular weight excluding hydrogens is 391 g/mol. The van der Waals surface area contributed by atoms with Crippen molar-refractivity contribution in [2.24, 2.45) is 11.3 Å². The first-order valence-corrected chi connectivity index (χ1v) is 8.72. The number of nitrogens with zero attached hydrogens (tertiary/aromatic N) is 3. The highest BCUT2D eigenvalue weighted by Crippen LogP contribution is 2.56. The number of rotatable bonds is 4. The molecule has 11 heteroatoms. The van der Waals surface area contributed by atoms with E-state index in [2.05, 4.69) is 4.98 Å². The SMILES string of the molecule is O=C(O)N1C[C@@H]2CC[C@@](C(C[N+](=O)[O-])c3c(C(F)(F)F)ccnc3Cl)(C2)C1. The third kappa shape index (κ3) is 3.67. The number of likely N-dealkylation sites (tertiary alicyclic amines) is 1. The topological polar surface area (TPSA) is 96.6 Å². The van der Waals surface area contributed by atoms with Crippen LogP contribution in [0.5, 0.6) is 0 Å². The van der Waals surface area contributed by atoms with Gasteiger partial charge in [-0.15, -0.1) is 0 Å². The summed E-state index contributed by atoms with van der Waals surface area (Å²) in [5.41, 5.74) is -2.43. The van der Waals surface area contributed by atoms with Crippen molar-refractivity contribution in [1.82, 2.24) is 9.88 Å². The van der Waals surface area contributed by atoms with E-state index in [1.54, 1.807) is 0 Å². The summed E-state index contributed by atoms with van der Waals surface area (Å²) in [5, 5.41) is 20.2. The molecule has 1 aliphatic heterocycles. The van der Waals surface area contributed by atoms with Crippen molar-refractivity contribution >= 4 is 17.7 Å². The molecule has 1 aromatic heterocycles. The molecule has 148 valence electrons. The lowest BCUT2D eigenvalue weighted by atomic mass is 9.68. The Morgan fingerprint density at radius 2 is 2.26 bits per heavy atom. The highest BCUT2D eigenvalue weighted by Gasteiger charge is 2.54. The third-order valence-corrected chi connectivity index (χ3v) is 5.97. The average molecular weight is 408 g/mol. The summed E-state index contributed by atoms with van der Waals surface area (Å²) >= 11 is 6.00. The van der Waals surface area contributed by atoms with Crippen molar-refractivity contribution < 1.29 is 28.0 Å². The number of nitro groups is 1. The van der Waals surface area contributed by atoms with E-state index in [-0.39, 0.29) is 19.0 Å². The predicted molar refractivity (Wildman–Crippen MR) is 88.2 cm³/mol. The van der Waals surface area contributed by atoms with Gasteiger partial charge in [-0.2, -0.15) is 13.2 Å². The van der Waals surface area contributed by atoms with E-state index in [1.807, 2.05) is 0 Å². The van der Waals surface area contributed by atoms with Gasteiger partial charge >= 0.3 is 12.3 Å². The second-order valence-corrected chi connectivity index (χ2v) is 7.62. The van der Waals surface area contributed by atoms with Crippen molar-refractivity contribution in [1.29, 1.82) is 0 Å². The Labute approximate surface area is 157 Å². The molecule has 1 saturated heterocycles. The van der Waals surface area contributed by atoms with Gasteiger partial charge in [-0.3, -0.25) is 10.1 Å². The molecule has 2 fully saturated rings.